The lowest BCUT2D eigenvalue weighted by Crippen LogP contribution is -2.24. The first-order chi connectivity index (χ1) is 9.97. The number of furan rings is 1. The molecule has 0 amide bonds. The number of aromatic nitrogens is 1. The molecule has 0 bridgehead atoms. The molecular formula is C14H19N3O3S. The topological polar surface area (TPSA) is 84.2 Å². The zero-order valence-electron chi connectivity index (χ0n) is 12.0. The Balaban J connectivity index is 1.99. The van der Waals surface area contributed by atoms with Gasteiger partial charge >= 0.3 is 0 Å². The Bertz CT molecular complexity index is 649. The van der Waals surface area contributed by atoms with Gasteiger partial charge in [0.25, 0.3) is 10.0 Å². The van der Waals surface area contributed by atoms with E-state index in [2.05, 4.69) is 15.0 Å². The molecular weight excluding hydrogens is 290 g/mol. The molecule has 2 aromatic heterocycles. The zero-order valence-corrected chi connectivity index (χ0v) is 12.9. The van der Waals surface area contributed by atoms with Crippen LogP contribution in [0.25, 0.3) is 0 Å². The summed E-state index contributed by atoms with van der Waals surface area (Å²) in [6.07, 6.45) is 3.06. The molecule has 114 valence electrons. The van der Waals surface area contributed by atoms with Crippen molar-refractivity contribution in [2.45, 2.75) is 38.0 Å². The van der Waals surface area contributed by atoms with Crippen LogP contribution in [0.4, 0.5) is 0 Å². The van der Waals surface area contributed by atoms with Crippen molar-refractivity contribution < 1.29 is 12.8 Å². The molecule has 2 N–H and O–H groups in total. The Kier molecular flexibility index (Phi) is 5.11. The lowest BCUT2D eigenvalue weighted by molar-refractivity contribution is 0.498. The summed E-state index contributed by atoms with van der Waals surface area (Å²) in [5.41, 5.74) is 0.939. The number of pyridine rings is 1. The minimum atomic E-state index is -3.63. The van der Waals surface area contributed by atoms with Gasteiger partial charge in [-0.05, 0) is 23.8 Å². The standard InChI is InChI=1S/C14H19N3O3S/c1-11(2)15-8-12-5-6-14(16-9-12)21(18,19)17-10-13-4-3-7-20-13/h3-7,9,11,15,17H,8,10H2,1-2H3. The molecule has 0 unspecified atom stereocenters. The van der Waals surface area contributed by atoms with Crippen molar-refractivity contribution in [3.05, 3.63) is 48.0 Å². The van der Waals surface area contributed by atoms with Gasteiger partial charge in [0.05, 0.1) is 12.8 Å². The van der Waals surface area contributed by atoms with E-state index in [1.54, 1.807) is 24.4 Å². The van der Waals surface area contributed by atoms with E-state index in [0.717, 1.165) is 5.56 Å². The lowest BCUT2D eigenvalue weighted by Gasteiger charge is -2.09. The molecule has 0 radical (unpaired) electrons. The minimum absolute atomic E-state index is 0.00218. The second-order valence-corrected chi connectivity index (χ2v) is 6.66. The molecule has 2 heterocycles. The second kappa shape index (κ2) is 6.84. The summed E-state index contributed by atoms with van der Waals surface area (Å²) in [5, 5.41) is 3.25. The third-order valence-corrected chi connectivity index (χ3v) is 4.12. The largest absolute Gasteiger partial charge is 0.468 e. The van der Waals surface area contributed by atoms with E-state index in [1.165, 1.54) is 12.3 Å². The summed E-state index contributed by atoms with van der Waals surface area (Å²) in [6.45, 7) is 4.86. The third kappa shape index (κ3) is 4.66. The normalized spacial score (nSPS) is 12.0. The maximum absolute atomic E-state index is 12.1. The van der Waals surface area contributed by atoms with Crippen LogP contribution >= 0.6 is 0 Å². The molecule has 0 saturated heterocycles. The predicted molar refractivity (Wildman–Crippen MR) is 78.9 cm³/mol. The maximum Gasteiger partial charge on any atom is 0.258 e. The molecule has 0 aliphatic carbocycles. The molecule has 7 heteroatoms. The van der Waals surface area contributed by atoms with E-state index in [0.29, 0.717) is 18.3 Å². The van der Waals surface area contributed by atoms with Crippen LogP contribution in [0.15, 0.2) is 46.2 Å². The van der Waals surface area contributed by atoms with Gasteiger partial charge in [-0.1, -0.05) is 19.9 Å². The predicted octanol–water partition coefficient (Wildman–Crippen LogP) is 1.65. The number of hydrogen-bond acceptors (Lipinski definition) is 5. The molecule has 2 aromatic rings. The first-order valence-electron chi connectivity index (χ1n) is 6.68. The van der Waals surface area contributed by atoms with Crippen molar-refractivity contribution in [2.75, 3.05) is 0 Å². The molecule has 6 nitrogen and oxygen atoms in total. The fraction of sp³-hybridized carbons (Fsp3) is 0.357. The van der Waals surface area contributed by atoms with Crippen molar-refractivity contribution >= 4 is 10.0 Å². The first kappa shape index (κ1) is 15.7. The Morgan fingerprint density at radius 1 is 1.24 bits per heavy atom. The number of nitrogens with zero attached hydrogens (tertiary/aromatic N) is 1. The van der Waals surface area contributed by atoms with Crippen LogP contribution in [-0.4, -0.2) is 19.4 Å². The van der Waals surface area contributed by atoms with Gasteiger partial charge in [0.1, 0.15) is 5.76 Å². The van der Waals surface area contributed by atoms with Gasteiger partial charge in [0, 0.05) is 18.8 Å². The summed E-state index contributed by atoms with van der Waals surface area (Å²) < 4.78 is 31.7. The molecule has 0 saturated carbocycles. The number of nitrogens with one attached hydrogen (secondary N) is 2. The smallest absolute Gasteiger partial charge is 0.258 e. The third-order valence-electron chi connectivity index (χ3n) is 2.80. The van der Waals surface area contributed by atoms with E-state index < -0.39 is 10.0 Å². The van der Waals surface area contributed by atoms with Gasteiger partial charge in [0.2, 0.25) is 0 Å². The summed E-state index contributed by atoms with van der Waals surface area (Å²) in [5.74, 6) is 0.552. The van der Waals surface area contributed by atoms with Crippen LogP contribution in [0.3, 0.4) is 0 Å². The maximum atomic E-state index is 12.1. The number of rotatable bonds is 7. The SMILES string of the molecule is CC(C)NCc1ccc(S(=O)(=O)NCc2ccco2)nc1. The Labute approximate surface area is 124 Å². The summed E-state index contributed by atoms with van der Waals surface area (Å²) in [4.78, 5) is 4.01. The highest BCUT2D eigenvalue weighted by Gasteiger charge is 2.15. The van der Waals surface area contributed by atoms with Crippen LogP contribution in [0.5, 0.6) is 0 Å². The minimum Gasteiger partial charge on any atom is -0.468 e. The van der Waals surface area contributed by atoms with Gasteiger partial charge in [-0.25, -0.2) is 18.1 Å². The molecule has 0 aromatic carbocycles. The molecule has 0 spiro atoms. The van der Waals surface area contributed by atoms with Crippen molar-refractivity contribution in [1.82, 2.24) is 15.0 Å². The van der Waals surface area contributed by atoms with Crippen LogP contribution in [0.2, 0.25) is 0 Å². The Morgan fingerprint density at radius 2 is 2.05 bits per heavy atom. The summed E-state index contributed by atoms with van der Waals surface area (Å²) in [6, 6.07) is 7.03. The van der Waals surface area contributed by atoms with Gasteiger partial charge in [-0.15, -0.1) is 0 Å². The zero-order chi connectivity index (χ0) is 15.3. The highest BCUT2D eigenvalue weighted by molar-refractivity contribution is 7.89. The highest BCUT2D eigenvalue weighted by atomic mass is 32.2. The van der Waals surface area contributed by atoms with E-state index in [-0.39, 0.29) is 11.6 Å². The Hall–Kier alpha value is -1.70. The lowest BCUT2D eigenvalue weighted by atomic mass is 10.2. The van der Waals surface area contributed by atoms with Crippen molar-refractivity contribution in [1.29, 1.82) is 0 Å². The van der Waals surface area contributed by atoms with E-state index in [1.807, 2.05) is 13.8 Å². The fourth-order valence-corrected chi connectivity index (χ4v) is 2.57. The quantitative estimate of drug-likeness (QED) is 0.812. The number of sulfonamides is 1. The van der Waals surface area contributed by atoms with Crippen LogP contribution in [-0.2, 0) is 23.1 Å². The Morgan fingerprint density at radius 3 is 2.62 bits per heavy atom. The summed E-state index contributed by atoms with van der Waals surface area (Å²) >= 11 is 0. The molecule has 0 fully saturated rings. The second-order valence-electron chi connectivity index (χ2n) is 4.94. The van der Waals surface area contributed by atoms with Crippen molar-refractivity contribution in [2.24, 2.45) is 0 Å². The molecule has 0 aliphatic heterocycles. The number of hydrogen-bond donors (Lipinski definition) is 2. The summed E-state index contributed by atoms with van der Waals surface area (Å²) in [7, 11) is -3.63. The average molecular weight is 309 g/mol. The monoisotopic (exact) mass is 309 g/mol. The van der Waals surface area contributed by atoms with E-state index >= 15 is 0 Å². The molecule has 2 rings (SSSR count). The molecule has 0 atom stereocenters. The molecule has 21 heavy (non-hydrogen) atoms. The van der Waals surface area contributed by atoms with Crippen molar-refractivity contribution in [3.8, 4) is 0 Å². The van der Waals surface area contributed by atoms with Gasteiger partial charge in [-0.2, -0.15) is 0 Å². The molecule has 0 aliphatic rings. The first-order valence-corrected chi connectivity index (χ1v) is 8.16. The van der Waals surface area contributed by atoms with Crippen LogP contribution in [0, 0.1) is 0 Å². The van der Waals surface area contributed by atoms with E-state index in [9.17, 15) is 8.42 Å². The van der Waals surface area contributed by atoms with E-state index in [4.69, 9.17) is 4.42 Å². The van der Waals surface area contributed by atoms with Gasteiger partial charge < -0.3 is 9.73 Å². The highest BCUT2D eigenvalue weighted by Crippen LogP contribution is 2.08. The van der Waals surface area contributed by atoms with Crippen molar-refractivity contribution in [3.63, 3.8) is 0 Å². The van der Waals surface area contributed by atoms with Gasteiger partial charge in [0.15, 0.2) is 5.03 Å². The fourth-order valence-electron chi connectivity index (χ4n) is 1.65. The van der Waals surface area contributed by atoms with Crippen LogP contribution < -0.4 is 10.0 Å². The average Bonchev–Trinajstić information content (AvgIpc) is 2.97. The van der Waals surface area contributed by atoms with Gasteiger partial charge in [-0.3, -0.25) is 0 Å². The van der Waals surface area contributed by atoms with Crippen LogP contribution in [0.1, 0.15) is 25.2 Å².